The van der Waals surface area contributed by atoms with Crippen molar-refractivity contribution >= 4 is 29.3 Å². The van der Waals surface area contributed by atoms with Gasteiger partial charge in [0.05, 0.1) is 12.7 Å². The first kappa shape index (κ1) is 24.0. The van der Waals surface area contributed by atoms with Gasteiger partial charge in [-0.25, -0.2) is 9.79 Å². The number of guanidine groups is 1. The lowest BCUT2D eigenvalue weighted by molar-refractivity contribution is -0.136. The number of rotatable bonds is 5. The van der Waals surface area contributed by atoms with Gasteiger partial charge < -0.3 is 15.4 Å². The van der Waals surface area contributed by atoms with Crippen molar-refractivity contribution in [1.82, 2.24) is 15.5 Å². The summed E-state index contributed by atoms with van der Waals surface area (Å²) in [6, 6.07) is 16.2. The van der Waals surface area contributed by atoms with Crippen molar-refractivity contribution in [3.05, 3.63) is 82.1 Å². The summed E-state index contributed by atoms with van der Waals surface area (Å²) in [4.78, 5) is 20.0. The smallest absolute Gasteiger partial charge is 0.338 e. The number of aliphatic imine (C=N–C) groups is 1. The molecule has 1 fully saturated rings. The monoisotopic (exact) mass is 476 g/mol. The Morgan fingerprint density at radius 2 is 1.50 bits per heavy atom. The Morgan fingerprint density at radius 1 is 0.971 bits per heavy atom. The summed E-state index contributed by atoms with van der Waals surface area (Å²) in [6.45, 7) is 10.6. The number of esters is 1. The number of ether oxygens (including phenoxy) is 1. The SMILES string of the molecule is COC(=O)C1=C(C)N2C(=NC1c1ccc(C(C)C)cc1)NC(=S)NC2c1ccc(C(C)C)cc1. The number of nitrogens with one attached hydrogen (secondary N) is 2. The molecule has 0 spiro atoms. The zero-order chi connectivity index (χ0) is 24.6. The summed E-state index contributed by atoms with van der Waals surface area (Å²) in [6.07, 6.45) is -0.294. The first-order chi connectivity index (χ1) is 16.2. The molecule has 2 N–H and O–H groups in total. The number of hydrogen-bond donors (Lipinski definition) is 2. The second-order valence-electron chi connectivity index (χ2n) is 9.36. The van der Waals surface area contributed by atoms with Gasteiger partial charge in [0.2, 0.25) is 5.96 Å². The zero-order valence-corrected chi connectivity index (χ0v) is 21.4. The number of fused-ring (bicyclic) bond motifs is 1. The molecule has 0 saturated carbocycles. The third-order valence-electron chi connectivity index (χ3n) is 6.50. The van der Waals surface area contributed by atoms with Gasteiger partial charge in [0.25, 0.3) is 0 Å². The Hall–Kier alpha value is -3.19. The standard InChI is InChI=1S/C27H32N4O2S/c1-15(2)18-7-11-20(12-8-18)23-22(25(32)33-6)17(5)31-24(29-27(34)30-26(31)28-23)21-13-9-19(10-14-21)16(3)4/h7-16,23-24H,1-6H3,(H2,28,29,30,34). The van der Waals surface area contributed by atoms with Crippen molar-refractivity contribution in [2.75, 3.05) is 7.11 Å². The fourth-order valence-electron chi connectivity index (χ4n) is 4.44. The van der Waals surface area contributed by atoms with Crippen LogP contribution in [0.4, 0.5) is 0 Å². The Morgan fingerprint density at radius 3 is 2.00 bits per heavy atom. The molecule has 2 aromatic rings. The van der Waals surface area contributed by atoms with Crippen LogP contribution in [0.1, 0.15) is 80.9 Å². The minimum absolute atomic E-state index is 0.294. The molecule has 2 unspecified atom stereocenters. The number of hydrogen-bond acceptors (Lipinski definition) is 5. The van der Waals surface area contributed by atoms with Crippen molar-refractivity contribution in [1.29, 1.82) is 0 Å². The molecular formula is C27H32N4O2S. The van der Waals surface area contributed by atoms with Crippen LogP contribution in [0.5, 0.6) is 0 Å². The molecule has 6 nitrogen and oxygen atoms in total. The summed E-state index contributed by atoms with van der Waals surface area (Å²) in [5.41, 5.74) is 5.75. The van der Waals surface area contributed by atoms with E-state index in [1.807, 2.05) is 24.0 Å². The van der Waals surface area contributed by atoms with Gasteiger partial charge in [0, 0.05) is 5.70 Å². The molecule has 1 saturated heterocycles. The molecule has 0 aliphatic carbocycles. The van der Waals surface area contributed by atoms with Gasteiger partial charge in [-0.3, -0.25) is 4.90 Å². The van der Waals surface area contributed by atoms with Crippen LogP contribution in [-0.4, -0.2) is 29.1 Å². The molecule has 34 heavy (non-hydrogen) atoms. The van der Waals surface area contributed by atoms with E-state index < -0.39 is 6.04 Å². The number of thiocarbonyl (C=S) groups is 1. The summed E-state index contributed by atoms with van der Waals surface area (Å²) in [5.74, 6) is 1.09. The number of methoxy groups -OCH3 is 1. The van der Waals surface area contributed by atoms with Gasteiger partial charge in [-0.1, -0.05) is 76.2 Å². The Bertz CT molecular complexity index is 1150. The maximum absolute atomic E-state index is 13.0. The van der Waals surface area contributed by atoms with Gasteiger partial charge in [-0.05, 0) is 53.2 Å². The Balaban J connectivity index is 1.79. The summed E-state index contributed by atoms with van der Waals surface area (Å²) in [5, 5.41) is 7.03. The maximum Gasteiger partial charge on any atom is 0.338 e. The average Bonchev–Trinajstić information content (AvgIpc) is 2.82. The summed E-state index contributed by atoms with van der Waals surface area (Å²) >= 11 is 5.52. The van der Waals surface area contributed by atoms with Crippen molar-refractivity contribution < 1.29 is 9.53 Å². The largest absolute Gasteiger partial charge is 0.466 e. The van der Waals surface area contributed by atoms with Gasteiger partial charge >= 0.3 is 5.97 Å². The molecular weight excluding hydrogens is 444 g/mol. The van der Waals surface area contributed by atoms with Gasteiger partial charge in [-0.15, -0.1) is 0 Å². The van der Waals surface area contributed by atoms with Crippen molar-refractivity contribution in [3.8, 4) is 0 Å². The van der Waals surface area contributed by atoms with Gasteiger partial charge in [-0.2, -0.15) is 0 Å². The van der Waals surface area contributed by atoms with Crippen molar-refractivity contribution in [2.24, 2.45) is 4.99 Å². The molecule has 178 valence electrons. The maximum atomic E-state index is 13.0. The van der Waals surface area contributed by atoms with E-state index in [4.69, 9.17) is 21.9 Å². The Kier molecular flexibility index (Phi) is 6.75. The minimum Gasteiger partial charge on any atom is -0.466 e. The zero-order valence-electron chi connectivity index (χ0n) is 20.5. The lowest BCUT2D eigenvalue weighted by Crippen LogP contribution is -2.60. The molecule has 2 heterocycles. The topological polar surface area (TPSA) is 66.0 Å². The predicted molar refractivity (Wildman–Crippen MR) is 139 cm³/mol. The summed E-state index contributed by atoms with van der Waals surface area (Å²) < 4.78 is 5.20. The van der Waals surface area contributed by atoms with Crippen LogP contribution in [0, 0.1) is 0 Å². The van der Waals surface area contributed by atoms with Crippen LogP contribution in [0.25, 0.3) is 0 Å². The number of allylic oxidation sites excluding steroid dienone is 1. The van der Waals surface area contributed by atoms with Crippen LogP contribution < -0.4 is 10.6 Å². The van der Waals surface area contributed by atoms with Crippen LogP contribution in [0.2, 0.25) is 0 Å². The first-order valence-electron chi connectivity index (χ1n) is 11.6. The Labute approximate surface area is 207 Å². The molecule has 4 rings (SSSR count). The molecule has 0 amide bonds. The quantitative estimate of drug-likeness (QED) is 0.453. The van der Waals surface area contributed by atoms with E-state index in [0.29, 0.717) is 28.5 Å². The van der Waals surface area contributed by atoms with E-state index in [9.17, 15) is 4.79 Å². The first-order valence-corrected chi connectivity index (χ1v) is 12.1. The van der Waals surface area contributed by atoms with E-state index in [-0.39, 0.29) is 12.1 Å². The number of carbonyl (C=O) groups excluding carboxylic acids is 1. The van der Waals surface area contributed by atoms with Crippen molar-refractivity contribution in [3.63, 3.8) is 0 Å². The third kappa shape index (κ3) is 4.44. The second-order valence-corrected chi connectivity index (χ2v) is 9.77. The molecule has 2 aliphatic rings. The molecule has 2 aromatic carbocycles. The average molecular weight is 477 g/mol. The number of carbonyl (C=O) groups is 1. The molecule has 7 heteroatoms. The number of benzene rings is 2. The normalized spacial score (nSPS) is 20.1. The van der Waals surface area contributed by atoms with E-state index in [2.05, 4.69) is 74.7 Å². The molecule has 2 atom stereocenters. The highest BCUT2D eigenvalue weighted by molar-refractivity contribution is 7.80. The molecule has 0 bridgehead atoms. The minimum atomic E-state index is -0.489. The van der Waals surface area contributed by atoms with Crippen LogP contribution >= 0.6 is 12.2 Å². The van der Waals surface area contributed by atoms with Crippen LogP contribution in [0.15, 0.2) is 64.8 Å². The van der Waals surface area contributed by atoms with Crippen LogP contribution in [-0.2, 0) is 9.53 Å². The van der Waals surface area contributed by atoms with E-state index >= 15 is 0 Å². The van der Waals surface area contributed by atoms with Gasteiger partial charge in [0.15, 0.2) is 5.11 Å². The molecule has 0 radical (unpaired) electrons. The fraction of sp³-hybridized carbons (Fsp3) is 0.370. The van der Waals surface area contributed by atoms with E-state index in [1.165, 1.54) is 18.2 Å². The highest BCUT2D eigenvalue weighted by atomic mass is 32.1. The lowest BCUT2D eigenvalue weighted by atomic mass is 9.92. The highest BCUT2D eigenvalue weighted by Crippen LogP contribution is 2.38. The van der Waals surface area contributed by atoms with Gasteiger partial charge in [0.1, 0.15) is 12.2 Å². The predicted octanol–water partition coefficient (Wildman–Crippen LogP) is 5.27. The third-order valence-corrected chi connectivity index (χ3v) is 6.72. The van der Waals surface area contributed by atoms with Crippen LogP contribution in [0.3, 0.4) is 0 Å². The second kappa shape index (κ2) is 9.58. The lowest BCUT2D eigenvalue weighted by Gasteiger charge is -2.44. The summed E-state index contributed by atoms with van der Waals surface area (Å²) in [7, 11) is 1.41. The fourth-order valence-corrected chi connectivity index (χ4v) is 4.64. The van der Waals surface area contributed by atoms with E-state index in [0.717, 1.165) is 16.8 Å². The van der Waals surface area contributed by atoms with Crippen molar-refractivity contribution in [2.45, 2.75) is 58.7 Å². The highest BCUT2D eigenvalue weighted by Gasteiger charge is 2.40. The molecule has 2 aliphatic heterocycles. The molecule has 0 aromatic heterocycles. The number of nitrogens with zero attached hydrogens (tertiary/aromatic N) is 2. The van der Waals surface area contributed by atoms with E-state index in [1.54, 1.807) is 0 Å².